The Morgan fingerprint density at radius 1 is 1.11 bits per heavy atom. The third kappa shape index (κ3) is 3.31. The quantitative estimate of drug-likeness (QED) is 0.551. The third-order valence-corrected chi connectivity index (χ3v) is 4.56. The van der Waals surface area contributed by atoms with E-state index in [2.05, 4.69) is 44.4 Å². The van der Waals surface area contributed by atoms with Crippen LogP contribution in [0.1, 0.15) is 25.8 Å². The molecule has 0 aliphatic rings. The van der Waals surface area contributed by atoms with Crippen LogP contribution in [0, 0.1) is 5.92 Å². The first-order valence-electron chi connectivity index (χ1n) is 9.02. The number of hydrogen-bond acceptors (Lipinski definition) is 7. The third-order valence-electron chi connectivity index (χ3n) is 4.56. The highest BCUT2D eigenvalue weighted by atomic mass is 16.5. The van der Waals surface area contributed by atoms with Crippen molar-refractivity contribution < 1.29 is 4.74 Å². The van der Waals surface area contributed by atoms with Gasteiger partial charge in [-0.15, -0.1) is 10.2 Å². The Kier molecular flexibility index (Phi) is 4.74. The van der Waals surface area contributed by atoms with E-state index in [0.29, 0.717) is 11.9 Å². The summed E-state index contributed by atoms with van der Waals surface area (Å²) in [7, 11) is 3.55. The van der Waals surface area contributed by atoms with Crippen molar-refractivity contribution in [1.29, 1.82) is 0 Å². The summed E-state index contributed by atoms with van der Waals surface area (Å²) in [5, 5.41) is 15.9. The first-order valence-corrected chi connectivity index (χ1v) is 9.02. The lowest BCUT2D eigenvalue weighted by Crippen LogP contribution is -2.12. The molecule has 0 saturated heterocycles. The predicted molar refractivity (Wildman–Crippen MR) is 105 cm³/mol. The maximum Gasteiger partial charge on any atom is 0.228 e. The SMILES string of the molecule is CO[C@@H](c1nnc2cc(-c3ccnc(Nc4ccnn4C)n3)ccn12)C(C)C. The number of anilines is 2. The molecule has 1 N–H and O–H groups in total. The summed E-state index contributed by atoms with van der Waals surface area (Å²) in [4.78, 5) is 8.89. The Morgan fingerprint density at radius 3 is 2.68 bits per heavy atom. The van der Waals surface area contributed by atoms with Crippen LogP contribution in [0.15, 0.2) is 42.9 Å². The zero-order valence-corrected chi connectivity index (χ0v) is 16.2. The number of aryl methyl sites for hydroxylation is 1. The predicted octanol–water partition coefficient (Wildman–Crippen LogP) is 3.01. The largest absolute Gasteiger partial charge is 0.373 e. The molecule has 0 radical (unpaired) electrons. The van der Waals surface area contributed by atoms with Crippen LogP contribution in [-0.2, 0) is 11.8 Å². The minimum absolute atomic E-state index is 0.116. The van der Waals surface area contributed by atoms with Crippen molar-refractivity contribution in [2.45, 2.75) is 20.0 Å². The first kappa shape index (κ1) is 18.1. The number of ether oxygens (including phenoxy) is 1. The Hall–Kier alpha value is -3.33. The highest BCUT2D eigenvalue weighted by molar-refractivity contribution is 5.65. The molecular weight excluding hydrogens is 356 g/mol. The van der Waals surface area contributed by atoms with Gasteiger partial charge in [-0.25, -0.2) is 9.97 Å². The van der Waals surface area contributed by atoms with E-state index >= 15 is 0 Å². The number of fused-ring (bicyclic) bond motifs is 1. The molecule has 0 aromatic carbocycles. The molecule has 0 saturated carbocycles. The van der Waals surface area contributed by atoms with Crippen LogP contribution in [0.4, 0.5) is 11.8 Å². The highest BCUT2D eigenvalue weighted by Crippen LogP contribution is 2.26. The molecule has 4 aromatic heterocycles. The number of nitrogens with zero attached hydrogens (tertiary/aromatic N) is 7. The van der Waals surface area contributed by atoms with Crippen molar-refractivity contribution in [2.75, 3.05) is 12.4 Å². The maximum atomic E-state index is 5.60. The van der Waals surface area contributed by atoms with Crippen LogP contribution in [0.3, 0.4) is 0 Å². The number of methoxy groups -OCH3 is 1. The van der Waals surface area contributed by atoms with Gasteiger partial charge in [0.05, 0.1) is 11.9 Å². The van der Waals surface area contributed by atoms with Crippen LogP contribution in [0.2, 0.25) is 0 Å². The second kappa shape index (κ2) is 7.35. The van der Waals surface area contributed by atoms with Gasteiger partial charge in [-0.05, 0) is 24.1 Å². The number of rotatable bonds is 6. The van der Waals surface area contributed by atoms with Crippen LogP contribution in [0.25, 0.3) is 16.9 Å². The summed E-state index contributed by atoms with van der Waals surface area (Å²) in [5.41, 5.74) is 2.47. The van der Waals surface area contributed by atoms with Gasteiger partial charge in [0.2, 0.25) is 5.95 Å². The summed E-state index contributed by atoms with van der Waals surface area (Å²) in [6.45, 7) is 4.20. The molecule has 4 heterocycles. The molecule has 0 bridgehead atoms. The van der Waals surface area contributed by atoms with E-state index in [0.717, 1.165) is 28.5 Å². The van der Waals surface area contributed by atoms with E-state index in [1.807, 2.05) is 41.9 Å². The van der Waals surface area contributed by atoms with Crippen LogP contribution in [-0.4, -0.2) is 41.5 Å². The average molecular weight is 378 g/mol. The minimum atomic E-state index is -0.116. The molecule has 0 spiro atoms. The molecule has 9 heteroatoms. The lowest BCUT2D eigenvalue weighted by atomic mass is 10.1. The standard InChI is InChI=1S/C19H22N8O/c1-12(2)17(28-4)18-25-24-16-11-13(7-10-27(16)18)14-5-8-20-19(22-14)23-15-6-9-21-26(15)3/h5-12,17H,1-4H3,(H,20,22,23)/t17-/m1/s1. The zero-order chi connectivity index (χ0) is 19.7. The van der Waals surface area contributed by atoms with Gasteiger partial charge in [0.1, 0.15) is 11.9 Å². The second-order valence-corrected chi connectivity index (χ2v) is 6.83. The fourth-order valence-electron chi connectivity index (χ4n) is 3.13. The van der Waals surface area contributed by atoms with Gasteiger partial charge >= 0.3 is 0 Å². The molecule has 4 rings (SSSR count). The Balaban J connectivity index is 1.66. The van der Waals surface area contributed by atoms with Crippen molar-refractivity contribution in [2.24, 2.45) is 13.0 Å². The van der Waals surface area contributed by atoms with Gasteiger partial charge in [0, 0.05) is 38.2 Å². The van der Waals surface area contributed by atoms with Gasteiger partial charge in [0.25, 0.3) is 0 Å². The van der Waals surface area contributed by atoms with Gasteiger partial charge in [-0.3, -0.25) is 9.08 Å². The van der Waals surface area contributed by atoms with E-state index < -0.39 is 0 Å². The smallest absolute Gasteiger partial charge is 0.228 e. The summed E-state index contributed by atoms with van der Waals surface area (Å²) < 4.78 is 9.27. The second-order valence-electron chi connectivity index (χ2n) is 6.83. The van der Waals surface area contributed by atoms with Crippen LogP contribution >= 0.6 is 0 Å². The van der Waals surface area contributed by atoms with Crippen molar-refractivity contribution in [3.8, 4) is 11.3 Å². The van der Waals surface area contributed by atoms with Gasteiger partial charge < -0.3 is 10.1 Å². The topological polar surface area (TPSA) is 95.0 Å². The first-order chi connectivity index (χ1) is 13.6. The zero-order valence-electron chi connectivity index (χ0n) is 16.2. The lowest BCUT2D eigenvalue weighted by Gasteiger charge is -2.17. The van der Waals surface area contributed by atoms with Gasteiger partial charge in [-0.2, -0.15) is 5.10 Å². The molecule has 1 atom stereocenters. The van der Waals surface area contributed by atoms with Crippen molar-refractivity contribution in [3.05, 3.63) is 48.7 Å². The van der Waals surface area contributed by atoms with Gasteiger partial charge in [-0.1, -0.05) is 13.8 Å². The summed E-state index contributed by atoms with van der Waals surface area (Å²) in [6, 6.07) is 7.67. The average Bonchev–Trinajstić information content (AvgIpc) is 3.29. The molecule has 0 aliphatic carbocycles. The van der Waals surface area contributed by atoms with E-state index in [-0.39, 0.29) is 6.10 Å². The highest BCUT2D eigenvalue weighted by Gasteiger charge is 2.21. The van der Waals surface area contributed by atoms with Crippen molar-refractivity contribution in [1.82, 2.24) is 34.3 Å². The Bertz CT molecular complexity index is 1100. The van der Waals surface area contributed by atoms with E-state index in [1.165, 1.54) is 0 Å². The molecule has 28 heavy (non-hydrogen) atoms. The molecule has 0 aliphatic heterocycles. The number of aromatic nitrogens is 7. The molecule has 144 valence electrons. The normalized spacial score (nSPS) is 12.6. The number of pyridine rings is 1. The minimum Gasteiger partial charge on any atom is -0.373 e. The number of hydrogen-bond donors (Lipinski definition) is 1. The molecule has 0 fully saturated rings. The summed E-state index contributed by atoms with van der Waals surface area (Å²) in [6.07, 6.45) is 5.27. The Labute approximate surface area is 162 Å². The fraction of sp³-hybridized carbons (Fsp3) is 0.316. The lowest BCUT2D eigenvalue weighted by molar-refractivity contribution is 0.0567. The van der Waals surface area contributed by atoms with Crippen molar-refractivity contribution >= 4 is 17.4 Å². The van der Waals surface area contributed by atoms with Gasteiger partial charge in [0.15, 0.2) is 11.5 Å². The van der Waals surface area contributed by atoms with Crippen molar-refractivity contribution in [3.63, 3.8) is 0 Å². The fourth-order valence-corrected chi connectivity index (χ4v) is 3.13. The number of nitrogens with one attached hydrogen (secondary N) is 1. The maximum absolute atomic E-state index is 5.60. The molecule has 0 unspecified atom stereocenters. The van der Waals surface area contributed by atoms with E-state index in [4.69, 9.17) is 4.74 Å². The monoisotopic (exact) mass is 378 g/mol. The molecule has 0 amide bonds. The summed E-state index contributed by atoms with van der Waals surface area (Å²) in [5.74, 6) is 2.40. The Morgan fingerprint density at radius 2 is 1.96 bits per heavy atom. The van der Waals surface area contributed by atoms with E-state index in [1.54, 1.807) is 24.2 Å². The molecular formula is C19H22N8O. The van der Waals surface area contributed by atoms with Crippen LogP contribution < -0.4 is 5.32 Å². The van der Waals surface area contributed by atoms with Crippen LogP contribution in [0.5, 0.6) is 0 Å². The molecule has 9 nitrogen and oxygen atoms in total. The summed E-state index contributed by atoms with van der Waals surface area (Å²) >= 11 is 0. The molecule has 4 aromatic rings. The van der Waals surface area contributed by atoms with E-state index in [9.17, 15) is 0 Å².